The molecule has 20 N–H and O–H groups in total. The maximum absolute atomic E-state index is 13.6. The second-order valence-corrected chi connectivity index (χ2v) is 32.4. The molecule has 0 aromatic carbocycles. The molecule has 6 saturated heterocycles. The monoisotopic (exact) mass is 1670 g/mol. The van der Waals surface area contributed by atoms with Crippen LogP contribution in [0.15, 0.2) is 24.3 Å². The molecule has 6 rings (SSSR count). The molecular formula is C82H148N2O32. The first-order valence-electron chi connectivity index (χ1n) is 43.5. The topological polar surface area (TPSA) is 533 Å². The van der Waals surface area contributed by atoms with E-state index in [2.05, 4.69) is 36.6 Å². The quantitative estimate of drug-likeness (QED) is 0.0302. The number of aliphatic hydroxyl groups excluding tert-OH is 18. The number of ether oxygens (including phenoxy) is 12. The number of aliphatic hydroxyl groups is 18. The molecule has 0 radical (unpaired) electrons. The fraction of sp³-hybridized carbons (Fsp3) is 0.927. The molecule has 0 aliphatic carbocycles. The Labute approximate surface area is 684 Å². The van der Waals surface area contributed by atoms with Gasteiger partial charge in [0.1, 0.15) is 140 Å². The summed E-state index contributed by atoms with van der Waals surface area (Å²) >= 11 is 0. The molecule has 34 heteroatoms. The van der Waals surface area contributed by atoms with Crippen molar-refractivity contribution >= 4 is 11.8 Å². The van der Waals surface area contributed by atoms with Gasteiger partial charge in [-0.3, -0.25) is 9.59 Å². The summed E-state index contributed by atoms with van der Waals surface area (Å²) in [5.41, 5.74) is 0. The van der Waals surface area contributed by atoms with E-state index < -0.39 is 242 Å². The van der Waals surface area contributed by atoms with Crippen LogP contribution in [-0.4, -0.2) is 340 Å². The normalized spacial score (nSPS) is 36.5. The summed E-state index contributed by atoms with van der Waals surface area (Å²) in [5, 5.41) is 206. The van der Waals surface area contributed by atoms with Crippen LogP contribution < -0.4 is 10.6 Å². The second kappa shape index (κ2) is 56.2. The predicted molar refractivity (Wildman–Crippen MR) is 418 cm³/mol. The third kappa shape index (κ3) is 32.4. The van der Waals surface area contributed by atoms with Gasteiger partial charge in [0.05, 0.1) is 57.9 Å². The van der Waals surface area contributed by atoms with Crippen molar-refractivity contribution in [2.75, 3.05) is 39.6 Å². The van der Waals surface area contributed by atoms with Gasteiger partial charge >= 0.3 is 0 Å². The molecule has 32 atom stereocenters. The molecule has 6 heterocycles. The Morgan fingerprint density at radius 2 is 0.698 bits per heavy atom. The number of allylic oxidation sites excluding steroid dienone is 3. The van der Waals surface area contributed by atoms with Crippen molar-refractivity contribution in [1.82, 2.24) is 10.6 Å². The Balaban J connectivity index is 1.07. The van der Waals surface area contributed by atoms with Crippen LogP contribution in [0.5, 0.6) is 0 Å². The minimum Gasteiger partial charge on any atom is -0.394 e. The van der Waals surface area contributed by atoms with Crippen LogP contribution >= 0.6 is 0 Å². The van der Waals surface area contributed by atoms with Crippen LogP contribution in [0.2, 0.25) is 0 Å². The number of unbranched alkanes of at least 4 members (excludes halogenated alkanes) is 30. The molecule has 34 nitrogen and oxygen atoms in total. The Hall–Kier alpha value is -2.78. The van der Waals surface area contributed by atoms with Gasteiger partial charge in [-0.15, -0.1) is 0 Å². The molecule has 0 aromatic rings. The zero-order valence-corrected chi connectivity index (χ0v) is 68.8. The van der Waals surface area contributed by atoms with E-state index >= 15 is 0 Å². The van der Waals surface area contributed by atoms with Crippen LogP contribution in [0.1, 0.15) is 246 Å². The first kappa shape index (κ1) is 102. The van der Waals surface area contributed by atoms with Crippen molar-refractivity contribution in [3.8, 4) is 0 Å². The zero-order chi connectivity index (χ0) is 84.6. The highest BCUT2D eigenvalue weighted by Gasteiger charge is 2.59. The van der Waals surface area contributed by atoms with Gasteiger partial charge < -0.3 is 159 Å². The van der Waals surface area contributed by atoms with E-state index in [9.17, 15) is 102 Å². The summed E-state index contributed by atoms with van der Waals surface area (Å²) in [6, 6.07) is -2.92. The fourth-order valence-corrected chi connectivity index (χ4v) is 15.7. The minimum atomic E-state index is -2.31. The predicted octanol–water partition coefficient (Wildman–Crippen LogP) is 1.36. The fourth-order valence-electron chi connectivity index (χ4n) is 15.7. The Kier molecular flexibility index (Phi) is 49.4. The van der Waals surface area contributed by atoms with Gasteiger partial charge in [0.15, 0.2) is 37.7 Å². The number of rotatable bonds is 57. The zero-order valence-electron chi connectivity index (χ0n) is 68.8. The summed E-state index contributed by atoms with van der Waals surface area (Å²) < 4.78 is 71.5. The molecule has 6 fully saturated rings. The number of carbonyl (C=O) groups excluding carboxylic acids is 2. The summed E-state index contributed by atoms with van der Waals surface area (Å²) in [7, 11) is 0. The Morgan fingerprint density at radius 3 is 1.16 bits per heavy atom. The molecule has 116 heavy (non-hydrogen) atoms. The first-order chi connectivity index (χ1) is 55.9. The van der Waals surface area contributed by atoms with E-state index in [-0.39, 0.29) is 12.3 Å². The highest BCUT2D eigenvalue weighted by molar-refractivity contribution is 5.76. The third-order valence-electron chi connectivity index (χ3n) is 22.9. The van der Waals surface area contributed by atoms with Crippen molar-refractivity contribution in [3.63, 3.8) is 0 Å². The van der Waals surface area contributed by atoms with Gasteiger partial charge in [-0.2, -0.15) is 0 Å². The molecule has 0 saturated carbocycles. The molecule has 678 valence electrons. The van der Waals surface area contributed by atoms with Gasteiger partial charge in [-0.05, 0) is 51.9 Å². The van der Waals surface area contributed by atoms with Crippen LogP contribution in [0, 0.1) is 0 Å². The minimum absolute atomic E-state index is 0.173. The number of hydrogen-bond donors (Lipinski definition) is 20. The maximum atomic E-state index is 13.6. The van der Waals surface area contributed by atoms with Gasteiger partial charge in [0.25, 0.3) is 0 Å². The molecule has 0 bridgehead atoms. The molecule has 6 aliphatic heterocycles. The highest BCUT2D eigenvalue weighted by atomic mass is 16.8. The van der Waals surface area contributed by atoms with Gasteiger partial charge in [-0.1, -0.05) is 205 Å². The Bertz CT molecular complexity index is 2650. The summed E-state index contributed by atoms with van der Waals surface area (Å²) in [5.74, 6) is -1.23. The molecule has 0 spiro atoms. The van der Waals surface area contributed by atoms with E-state index in [1.807, 2.05) is 6.08 Å². The van der Waals surface area contributed by atoms with E-state index in [1.54, 1.807) is 6.08 Å². The van der Waals surface area contributed by atoms with Crippen molar-refractivity contribution < 1.29 is 158 Å². The molecular weight excluding hydrogens is 1520 g/mol. The van der Waals surface area contributed by atoms with Crippen molar-refractivity contribution in [2.24, 2.45) is 0 Å². The number of amides is 2. The van der Waals surface area contributed by atoms with Crippen LogP contribution in [0.25, 0.3) is 0 Å². The van der Waals surface area contributed by atoms with Crippen LogP contribution in [0.3, 0.4) is 0 Å². The second-order valence-electron chi connectivity index (χ2n) is 32.4. The smallest absolute Gasteiger partial charge is 0.220 e. The molecule has 2 amide bonds. The van der Waals surface area contributed by atoms with E-state index in [0.717, 1.165) is 58.3 Å². The third-order valence-corrected chi connectivity index (χ3v) is 22.9. The molecule has 12 unspecified atom stereocenters. The lowest BCUT2D eigenvalue weighted by molar-refractivity contribution is -0.396. The Morgan fingerprint density at radius 1 is 0.353 bits per heavy atom. The van der Waals surface area contributed by atoms with E-state index in [1.165, 1.54) is 155 Å². The number of hydrogen-bond acceptors (Lipinski definition) is 32. The lowest BCUT2D eigenvalue weighted by Crippen LogP contribution is -2.71. The number of nitrogens with one attached hydrogen (secondary N) is 2. The van der Waals surface area contributed by atoms with Gasteiger partial charge in [-0.25, -0.2) is 0 Å². The first-order valence-corrected chi connectivity index (χ1v) is 43.5. The van der Waals surface area contributed by atoms with Crippen molar-refractivity contribution in [3.05, 3.63) is 24.3 Å². The number of carbonyl (C=O) groups is 2. The average molecular weight is 1670 g/mol. The van der Waals surface area contributed by atoms with E-state index in [4.69, 9.17) is 56.8 Å². The summed E-state index contributed by atoms with van der Waals surface area (Å²) in [6.07, 6.45) is -10.3. The average Bonchev–Trinajstić information content (AvgIpc) is 0.774. The van der Waals surface area contributed by atoms with Crippen molar-refractivity contribution in [1.29, 1.82) is 0 Å². The molecule has 0 aromatic heterocycles. The lowest BCUT2D eigenvalue weighted by Gasteiger charge is -2.51. The van der Waals surface area contributed by atoms with Crippen LogP contribution in [-0.2, 0) is 66.4 Å². The van der Waals surface area contributed by atoms with Crippen molar-refractivity contribution in [2.45, 2.75) is 442 Å². The van der Waals surface area contributed by atoms with Gasteiger partial charge in [0, 0.05) is 13.3 Å². The van der Waals surface area contributed by atoms with Gasteiger partial charge in [0.2, 0.25) is 11.8 Å². The highest BCUT2D eigenvalue weighted by Crippen LogP contribution is 2.39. The summed E-state index contributed by atoms with van der Waals surface area (Å²) in [6.45, 7) is 1.30. The van der Waals surface area contributed by atoms with Crippen LogP contribution in [0.4, 0.5) is 0 Å². The summed E-state index contributed by atoms with van der Waals surface area (Å²) in [4.78, 5) is 26.8. The largest absolute Gasteiger partial charge is 0.394 e. The molecule has 6 aliphatic rings. The standard InChI is InChI=1S/C82H148N2O32/c1-5-7-9-11-13-15-17-19-20-21-22-23-24-25-26-27-28-30-32-34-36-38-40-42-58(92)84-51(52(91)41-39-37-35-33-31-29-18-16-14-12-10-8-6-2)48-105-78-69(102)66(99)72(56(46-88)111-78)112-81-71(104)76(63(96)55(45-87)108-81)116-82-70(103)75(62(95)54(44-86)109-82)115-77-59(83-50(4)90)74(114-79-67(100)64(97)60(93)49(3)106-79)73(57(47-89)110-77)113-80-68(101)65(98)61(94)53(43-85)107-80/h19-20,39,41,49,51-57,59-82,85-89,91,93-104H,5-18,21-38,40,42-48H2,1-4H3,(H,83,90)(H,84,92)/b20-19-,41-39+/t49?,51-,52+,53?,54?,55?,56?,57?,59?,60+,61-,62-,63-,64?,65-,66+,67-,68?,69?,70?,71?,72+,73+,74+,75-,76-,77-,78+,79+,80-,81-,82+/m0/s1. The lowest BCUT2D eigenvalue weighted by atomic mass is 9.93. The van der Waals surface area contributed by atoms with E-state index in [0.29, 0.717) is 12.8 Å². The SMILES string of the molecule is CCCCCCCC/C=C\CCCCCCCCCCCCCCCC(=O)N[C@@H](CO[C@@H]1OC(CO)[C@@H](O[C@@H]2OC(CO)[C@H](O)[C@H](O[C@H]3OC(CO)[C@H](O)[C@H](O[C@@H]4OC(CO)[C@@H](O[C@@H]5OC(CO)[C@H](O)[C@H](O)C5O)[C@H](O[C@H]5OC(C)[C@@H](O)C(O)[C@@H]5O)C4NC(C)=O)C3O)C2O)[C@H](O)C1O)[C@H](O)/C=C/CCCCCCCCCCCCC. The maximum Gasteiger partial charge on any atom is 0.220 e.